The molecule has 198 valence electrons. The van der Waals surface area contributed by atoms with Gasteiger partial charge in [0.2, 0.25) is 0 Å². The number of piperidine rings is 1. The Morgan fingerprint density at radius 3 is 2.53 bits per heavy atom. The van der Waals surface area contributed by atoms with Crippen LogP contribution in [0.2, 0.25) is 0 Å². The van der Waals surface area contributed by atoms with E-state index in [0.29, 0.717) is 49.4 Å². The van der Waals surface area contributed by atoms with Crippen molar-refractivity contribution in [3.63, 3.8) is 0 Å². The molecule has 2 fully saturated rings. The van der Waals surface area contributed by atoms with E-state index in [2.05, 4.69) is 15.0 Å². The van der Waals surface area contributed by atoms with E-state index in [1.165, 1.54) is 12.1 Å². The SMILES string of the molecule is CC(C)(O)Cc1cc2nc(N3CCC(Oc4ccc(F)cc4F)CC3)c(-c3cnn(C4CC4)c3)nc2cn1. The Hall–Kier alpha value is -3.66. The summed E-state index contributed by atoms with van der Waals surface area (Å²) in [5, 5.41) is 14.8. The summed E-state index contributed by atoms with van der Waals surface area (Å²) in [4.78, 5) is 16.7. The molecule has 4 aromatic rings. The van der Waals surface area contributed by atoms with E-state index < -0.39 is 17.2 Å². The van der Waals surface area contributed by atoms with Crippen LogP contribution in [0.1, 0.15) is 51.3 Å². The van der Waals surface area contributed by atoms with Gasteiger partial charge in [-0.15, -0.1) is 0 Å². The van der Waals surface area contributed by atoms with Crippen LogP contribution in [0, 0.1) is 11.6 Å². The maximum absolute atomic E-state index is 14.1. The van der Waals surface area contributed by atoms with E-state index >= 15 is 0 Å². The van der Waals surface area contributed by atoms with Gasteiger partial charge in [-0.3, -0.25) is 9.67 Å². The highest BCUT2D eigenvalue weighted by molar-refractivity contribution is 5.83. The first kappa shape index (κ1) is 24.7. The van der Waals surface area contributed by atoms with Crippen LogP contribution in [0.5, 0.6) is 5.75 Å². The number of fused-ring (bicyclic) bond motifs is 1. The maximum atomic E-state index is 14.1. The molecule has 1 aliphatic carbocycles. The summed E-state index contributed by atoms with van der Waals surface area (Å²) in [7, 11) is 0. The minimum Gasteiger partial charge on any atom is -0.487 e. The molecule has 3 aromatic heterocycles. The number of benzene rings is 1. The van der Waals surface area contributed by atoms with E-state index in [4.69, 9.17) is 14.7 Å². The second-order valence-corrected chi connectivity index (χ2v) is 10.9. The Labute approximate surface area is 219 Å². The summed E-state index contributed by atoms with van der Waals surface area (Å²) in [6.45, 7) is 4.78. The van der Waals surface area contributed by atoms with Crippen molar-refractivity contribution in [2.45, 2.75) is 63.7 Å². The van der Waals surface area contributed by atoms with Crippen molar-refractivity contribution in [2.24, 2.45) is 0 Å². The third-order valence-corrected chi connectivity index (χ3v) is 6.93. The highest BCUT2D eigenvalue weighted by Gasteiger charge is 2.28. The molecule has 1 aliphatic heterocycles. The fraction of sp³-hybridized carbons (Fsp3) is 0.429. The van der Waals surface area contributed by atoms with Crippen molar-refractivity contribution in [1.29, 1.82) is 0 Å². The van der Waals surface area contributed by atoms with Crippen molar-refractivity contribution >= 4 is 16.9 Å². The predicted molar refractivity (Wildman–Crippen MR) is 139 cm³/mol. The average molecular weight is 521 g/mol. The molecule has 1 aromatic carbocycles. The van der Waals surface area contributed by atoms with Crippen LogP contribution in [0.15, 0.2) is 42.9 Å². The molecule has 1 saturated carbocycles. The topological polar surface area (TPSA) is 89.2 Å². The Morgan fingerprint density at radius 2 is 1.82 bits per heavy atom. The first-order valence-electron chi connectivity index (χ1n) is 13.0. The first-order chi connectivity index (χ1) is 18.2. The van der Waals surface area contributed by atoms with Gasteiger partial charge in [-0.1, -0.05) is 0 Å². The molecule has 0 unspecified atom stereocenters. The first-order valence-corrected chi connectivity index (χ1v) is 13.0. The molecule has 8 nitrogen and oxygen atoms in total. The Morgan fingerprint density at radius 1 is 1.03 bits per heavy atom. The molecule has 38 heavy (non-hydrogen) atoms. The van der Waals surface area contributed by atoms with Crippen LogP contribution in [0.4, 0.5) is 14.6 Å². The Kier molecular flexibility index (Phi) is 6.22. The number of hydrogen-bond acceptors (Lipinski definition) is 7. The normalized spacial score (nSPS) is 16.8. The molecule has 0 radical (unpaired) electrons. The van der Waals surface area contributed by atoms with Gasteiger partial charge in [0.25, 0.3) is 0 Å². The summed E-state index contributed by atoms with van der Waals surface area (Å²) >= 11 is 0. The molecule has 0 bridgehead atoms. The molecule has 1 N–H and O–H groups in total. The van der Waals surface area contributed by atoms with Crippen LogP contribution >= 0.6 is 0 Å². The number of rotatable bonds is 7. The number of aliphatic hydroxyl groups is 1. The zero-order valence-corrected chi connectivity index (χ0v) is 21.4. The van der Waals surface area contributed by atoms with Gasteiger partial charge in [0.15, 0.2) is 17.4 Å². The average Bonchev–Trinajstić information content (AvgIpc) is 3.61. The van der Waals surface area contributed by atoms with Crippen LogP contribution in [0.25, 0.3) is 22.3 Å². The summed E-state index contributed by atoms with van der Waals surface area (Å²) in [6, 6.07) is 5.71. The molecular formula is C28H30F2N6O2. The highest BCUT2D eigenvalue weighted by atomic mass is 19.1. The number of aromatic nitrogens is 5. The predicted octanol–water partition coefficient (Wildman–Crippen LogP) is 4.86. The molecule has 6 rings (SSSR count). The van der Waals surface area contributed by atoms with Crippen LogP contribution in [-0.2, 0) is 6.42 Å². The maximum Gasteiger partial charge on any atom is 0.167 e. The lowest BCUT2D eigenvalue weighted by Gasteiger charge is -2.33. The third kappa shape index (κ3) is 5.31. The standard InChI is InChI=1S/C28H30F2N6O2/c1-28(2,37)13-19-12-23-24(15-31-19)33-26(17-14-32-36(16-17)20-4-5-20)27(34-23)35-9-7-21(8-10-35)38-25-6-3-18(29)11-22(25)30/h3,6,11-12,14-16,20-21,37H,4-5,7-10,13H2,1-2H3. The van der Waals surface area contributed by atoms with Gasteiger partial charge in [-0.2, -0.15) is 5.10 Å². The zero-order chi connectivity index (χ0) is 26.4. The monoisotopic (exact) mass is 520 g/mol. The molecule has 4 heterocycles. The van der Waals surface area contributed by atoms with Crippen molar-refractivity contribution in [3.05, 3.63) is 60.2 Å². The van der Waals surface area contributed by atoms with Crippen molar-refractivity contribution < 1.29 is 18.6 Å². The van der Waals surface area contributed by atoms with Crippen LogP contribution in [0.3, 0.4) is 0 Å². The quantitative estimate of drug-likeness (QED) is 0.372. The summed E-state index contributed by atoms with van der Waals surface area (Å²) in [6.07, 6.45) is 9.35. The fourth-order valence-corrected chi connectivity index (χ4v) is 4.88. The second kappa shape index (κ2) is 9.58. The molecule has 1 saturated heterocycles. The lowest BCUT2D eigenvalue weighted by Crippen LogP contribution is -2.39. The second-order valence-electron chi connectivity index (χ2n) is 10.9. The lowest BCUT2D eigenvalue weighted by molar-refractivity contribution is 0.0800. The zero-order valence-electron chi connectivity index (χ0n) is 21.4. The van der Waals surface area contributed by atoms with Gasteiger partial charge in [0.1, 0.15) is 23.1 Å². The minimum atomic E-state index is -0.889. The van der Waals surface area contributed by atoms with Crippen LogP contribution < -0.4 is 9.64 Å². The van der Waals surface area contributed by atoms with E-state index in [1.807, 2.05) is 23.1 Å². The van der Waals surface area contributed by atoms with Gasteiger partial charge in [0, 0.05) is 55.9 Å². The van der Waals surface area contributed by atoms with E-state index in [0.717, 1.165) is 41.7 Å². The van der Waals surface area contributed by atoms with Gasteiger partial charge >= 0.3 is 0 Å². The number of anilines is 1. The number of halogens is 2. The number of pyridine rings is 1. The van der Waals surface area contributed by atoms with E-state index in [-0.39, 0.29) is 11.9 Å². The highest BCUT2D eigenvalue weighted by Crippen LogP contribution is 2.37. The van der Waals surface area contributed by atoms with Gasteiger partial charge in [0.05, 0.1) is 29.6 Å². The molecule has 0 amide bonds. The number of nitrogens with zero attached hydrogens (tertiary/aromatic N) is 6. The van der Waals surface area contributed by atoms with E-state index in [1.54, 1.807) is 20.0 Å². The molecule has 0 atom stereocenters. The third-order valence-electron chi connectivity index (χ3n) is 6.93. The summed E-state index contributed by atoms with van der Waals surface area (Å²) in [5.41, 5.74) is 2.87. The Balaban J connectivity index is 1.29. The van der Waals surface area contributed by atoms with Crippen molar-refractivity contribution in [2.75, 3.05) is 18.0 Å². The molecule has 0 spiro atoms. The molecule has 2 aliphatic rings. The molecule has 10 heteroatoms. The van der Waals surface area contributed by atoms with Crippen molar-refractivity contribution in [3.8, 4) is 17.0 Å². The summed E-state index contributed by atoms with van der Waals surface area (Å²) in [5.74, 6) is -0.508. The van der Waals surface area contributed by atoms with Gasteiger partial charge in [-0.25, -0.2) is 18.7 Å². The van der Waals surface area contributed by atoms with Crippen LogP contribution in [-0.4, -0.2) is 54.6 Å². The van der Waals surface area contributed by atoms with E-state index in [9.17, 15) is 13.9 Å². The number of hydrogen-bond donors (Lipinski definition) is 1. The Bertz CT molecular complexity index is 1470. The van der Waals surface area contributed by atoms with Gasteiger partial charge < -0.3 is 14.7 Å². The van der Waals surface area contributed by atoms with Crippen molar-refractivity contribution in [1.82, 2.24) is 24.7 Å². The molecular weight excluding hydrogens is 490 g/mol. The fourth-order valence-electron chi connectivity index (χ4n) is 4.88. The number of ether oxygens (including phenoxy) is 1. The summed E-state index contributed by atoms with van der Waals surface area (Å²) < 4.78 is 35.2. The lowest BCUT2D eigenvalue weighted by atomic mass is 10.0. The minimum absolute atomic E-state index is 0.0652. The largest absolute Gasteiger partial charge is 0.487 e. The van der Waals surface area contributed by atoms with Gasteiger partial charge in [-0.05, 0) is 44.9 Å². The smallest absolute Gasteiger partial charge is 0.167 e.